The molecular formula is C25H30FNO4. The molecule has 4 rings (SSSR count). The van der Waals surface area contributed by atoms with E-state index in [0.717, 1.165) is 30.6 Å². The van der Waals surface area contributed by atoms with E-state index in [2.05, 4.69) is 5.32 Å². The van der Waals surface area contributed by atoms with Crippen molar-refractivity contribution in [3.8, 4) is 16.9 Å². The highest BCUT2D eigenvalue weighted by atomic mass is 19.1. The molecule has 2 heterocycles. The zero-order valence-electron chi connectivity index (χ0n) is 18.0. The van der Waals surface area contributed by atoms with Crippen molar-refractivity contribution < 1.29 is 23.4 Å². The van der Waals surface area contributed by atoms with E-state index < -0.39 is 5.41 Å². The normalized spacial score (nSPS) is 20.4. The molecule has 0 bridgehead atoms. The number of rotatable bonds is 7. The fraction of sp³-hybridized carbons (Fsp3) is 0.480. The Morgan fingerprint density at radius 2 is 1.94 bits per heavy atom. The third-order valence-corrected chi connectivity index (χ3v) is 6.41. The van der Waals surface area contributed by atoms with Crippen molar-refractivity contribution in [2.45, 2.75) is 38.2 Å². The van der Waals surface area contributed by atoms with Gasteiger partial charge in [-0.1, -0.05) is 24.3 Å². The summed E-state index contributed by atoms with van der Waals surface area (Å²) in [7, 11) is 1.58. The molecule has 0 radical (unpaired) electrons. The largest absolute Gasteiger partial charge is 0.496 e. The molecule has 1 unspecified atom stereocenters. The Balaban J connectivity index is 1.49. The molecule has 5 nitrogen and oxygen atoms in total. The predicted molar refractivity (Wildman–Crippen MR) is 117 cm³/mol. The minimum atomic E-state index is -0.477. The van der Waals surface area contributed by atoms with Crippen molar-refractivity contribution in [2.75, 3.05) is 33.5 Å². The molecule has 1 N–H and O–H groups in total. The Hall–Kier alpha value is -2.44. The molecule has 0 aliphatic carbocycles. The number of hydrogen-bond acceptors (Lipinski definition) is 4. The van der Waals surface area contributed by atoms with Crippen LogP contribution in [-0.2, 0) is 20.7 Å². The van der Waals surface area contributed by atoms with Gasteiger partial charge in [0.1, 0.15) is 11.6 Å². The van der Waals surface area contributed by atoms with Gasteiger partial charge in [0.2, 0.25) is 5.91 Å². The predicted octanol–water partition coefficient (Wildman–Crippen LogP) is 4.14. The first-order chi connectivity index (χ1) is 15.1. The second-order valence-corrected chi connectivity index (χ2v) is 8.46. The fourth-order valence-electron chi connectivity index (χ4n) is 4.54. The molecule has 2 fully saturated rings. The molecule has 2 aromatic rings. The third-order valence-electron chi connectivity index (χ3n) is 6.41. The Labute approximate surface area is 182 Å². The molecule has 0 aromatic heterocycles. The average molecular weight is 428 g/mol. The lowest BCUT2D eigenvalue weighted by Crippen LogP contribution is -2.47. The minimum absolute atomic E-state index is 0.0853. The number of hydrogen-bond donors (Lipinski definition) is 1. The Kier molecular flexibility index (Phi) is 6.88. The zero-order chi connectivity index (χ0) is 21.7. The van der Waals surface area contributed by atoms with Crippen molar-refractivity contribution in [3.63, 3.8) is 0 Å². The Morgan fingerprint density at radius 3 is 2.61 bits per heavy atom. The third kappa shape index (κ3) is 5.08. The fourth-order valence-corrected chi connectivity index (χ4v) is 4.54. The molecule has 0 saturated carbocycles. The summed E-state index contributed by atoms with van der Waals surface area (Å²) in [5.41, 5.74) is 2.19. The van der Waals surface area contributed by atoms with Gasteiger partial charge in [-0.2, -0.15) is 0 Å². The average Bonchev–Trinajstić information content (AvgIpc) is 3.32. The van der Waals surface area contributed by atoms with Crippen molar-refractivity contribution in [1.29, 1.82) is 0 Å². The lowest BCUT2D eigenvalue weighted by atomic mass is 9.74. The number of amides is 1. The first-order valence-electron chi connectivity index (χ1n) is 11.0. The van der Waals surface area contributed by atoms with Gasteiger partial charge in [0, 0.05) is 31.9 Å². The number of carbonyl (C=O) groups is 1. The van der Waals surface area contributed by atoms with Crippen molar-refractivity contribution in [2.24, 2.45) is 5.41 Å². The van der Waals surface area contributed by atoms with Crippen molar-refractivity contribution in [1.82, 2.24) is 5.32 Å². The summed E-state index contributed by atoms with van der Waals surface area (Å²) in [6.45, 7) is 2.53. The van der Waals surface area contributed by atoms with Gasteiger partial charge in [0.25, 0.3) is 0 Å². The summed E-state index contributed by atoms with van der Waals surface area (Å²) in [6, 6.07) is 12.5. The van der Waals surface area contributed by atoms with E-state index in [1.807, 2.05) is 24.3 Å². The van der Waals surface area contributed by atoms with E-state index in [-0.39, 0.29) is 17.8 Å². The highest BCUT2D eigenvalue weighted by molar-refractivity contribution is 5.83. The first-order valence-corrected chi connectivity index (χ1v) is 11.0. The standard InChI is InChI=1S/C25H30FNO4/c1-29-23-9-8-20(26)15-22(23)19-6-4-18(5-7-19)16-25(10-13-30-14-11-25)24(28)27-17-21-3-2-12-31-21/h4-9,15,21H,2-3,10-14,16-17H2,1H3,(H,27,28). The summed E-state index contributed by atoms with van der Waals surface area (Å²) in [4.78, 5) is 13.2. The van der Waals surface area contributed by atoms with Gasteiger partial charge >= 0.3 is 0 Å². The minimum Gasteiger partial charge on any atom is -0.496 e. The molecule has 0 spiro atoms. The van der Waals surface area contributed by atoms with E-state index >= 15 is 0 Å². The lowest BCUT2D eigenvalue weighted by Gasteiger charge is -2.36. The van der Waals surface area contributed by atoms with Crippen LogP contribution in [0.15, 0.2) is 42.5 Å². The number of methoxy groups -OCH3 is 1. The Bertz CT molecular complexity index is 887. The first kappa shape index (κ1) is 21.8. The monoisotopic (exact) mass is 427 g/mol. The van der Waals surface area contributed by atoms with Gasteiger partial charge in [-0.25, -0.2) is 4.39 Å². The molecule has 1 atom stereocenters. The number of carbonyl (C=O) groups excluding carboxylic acids is 1. The van der Waals surface area contributed by atoms with E-state index in [1.54, 1.807) is 13.2 Å². The summed E-state index contributed by atoms with van der Waals surface area (Å²) >= 11 is 0. The van der Waals surface area contributed by atoms with Gasteiger partial charge in [0.15, 0.2) is 0 Å². The van der Waals surface area contributed by atoms with Gasteiger partial charge in [-0.05, 0) is 61.4 Å². The zero-order valence-corrected chi connectivity index (χ0v) is 18.0. The summed E-state index contributed by atoms with van der Waals surface area (Å²) in [5, 5.41) is 3.14. The number of nitrogens with one attached hydrogen (secondary N) is 1. The maximum atomic E-state index is 13.8. The quantitative estimate of drug-likeness (QED) is 0.722. The smallest absolute Gasteiger partial charge is 0.226 e. The van der Waals surface area contributed by atoms with Gasteiger partial charge < -0.3 is 19.5 Å². The van der Waals surface area contributed by atoms with Crippen LogP contribution in [0, 0.1) is 11.2 Å². The second kappa shape index (κ2) is 9.79. The number of halogens is 1. The summed E-state index contributed by atoms with van der Waals surface area (Å²) in [5.74, 6) is 0.412. The second-order valence-electron chi connectivity index (χ2n) is 8.46. The molecule has 2 aliphatic heterocycles. The molecule has 6 heteroatoms. The topological polar surface area (TPSA) is 56.8 Å². The van der Waals surface area contributed by atoms with Crippen molar-refractivity contribution in [3.05, 3.63) is 53.8 Å². The number of benzene rings is 2. The highest BCUT2D eigenvalue weighted by Gasteiger charge is 2.40. The van der Waals surface area contributed by atoms with Crippen LogP contribution < -0.4 is 10.1 Å². The van der Waals surface area contributed by atoms with Crippen LogP contribution in [0.2, 0.25) is 0 Å². The maximum Gasteiger partial charge on any atom is 0.226 e. The summed E-state index contributed by atoms with van der Waals surface area (Å²) in [6.07, 6.45) is 4.23. The van der Waals surface area contributed by atoms with Gasteiger partial charge in [-0.15, -0.1) is 0 Å². The molecule has 31 heavy (non-hydrogen) atoms. The SMILES string of the molecule is COc1ccc(F)cc1-c1ccc(CC2(C(=O)NCC3CCCO3)CCOCC2)cc1. The van der Waals surface area contributed by atoms with Crippen molar-refractivity contribution >= 4 is 5.91 Å². The molecule has 2 saturated heterocycles. The number of ether oxygens (including phenoxy) is 3. The van der Waals surface area contributed by atoms with E-state index in [9.17, 15) is 9.18 Å². The molecule has 2 aliphatic rings. The van der Waals surface area contributed by atoms with Gasteiger partial charge in [0.05, 0.1) is 18.6 Å². The van der Waals surface area contributed by atoms with E-state index in [0.29, 0.717) is 50.3 Å². The highest BCUT2D eigenvalue weighted by Crippen LogP contribution is 2.36. The molecule has 166 valence electrons. The van der Waals surface area contributed by atoms with Crippen LogP contribution in [0.1, 0.15) is 31.2 Å². The molecule has 1 amide bonds. The Morgan fingerprint density at radius 1 is 1.16 bits per heavy atom. The molecular weight excluding hydrogens is 397 g/mol. The lowest BCUT2D eigenvalue weighted by molar-refractivity contribution is -0.137. The van der Waals surface area contributed by atoms with Crippen LogP contribution in [0.4, 0.5) is 4.39 Å². The van der Waals surface area contributed by atoms with Gasteiger partial charge in [-0.3, -0.25) is 4.79 Å². The van der Waals surface area contributed by atoms with Crippen LogP contribution in [0.3, 0.4) is 0 Å². The van der Waals surface area contributed by atoms with Crippen LogP contribution in [0.5, 0.6) is 5.75 Å². The van der Waals surface area contributed by atoms with E-state index in [4.69, 9.17) is 14.2 Å². The van der Waals surface area contributed by atoms with E-state index in [1.165, 1.54) is 12.1 Å². The van der Waals surface area contributed by atoms with Crippen LogP contribution in [0.25, 0.3) is 11.1 Å². The van der Waals surface area contributed by atoms with Crippen LogP contribution in [-0.4, -0.2) is 45.5 Å². The van der Waals surface area contributed by atoms with Crippen LogP contribution >= 0.6 is 0 Å². The maximum absolute atomic E-state index is 13.8. The molecule has 2 aromatic carbocycles. The summed E-state index contributed by atoms with van der Waals surface area (Å²) < 4.78 is 30.3.